The molecule has 0 radical (unpaired) electrons. The monoisotopic (exact) mass is 235 g/mol. The number of hydrogen-bond acceptors (Lipinski definition) is 4. The lowest BCUT2D eigenvalue weighted by atomic mass is 9.93. The van der Waals surface area contributed by atoms with Crippen LogP contribution in [0.15, 0.2) is 0 Å². The van der Waals surface area contributed by atoms with Crippen molar-refractivity contribution in [3.05, 3.63) is 0 Å². The second-order valence-electron chi connectivity index (χ2n) is 4.76. The summed E-state index contributed by atoms with van der Waals surface area (Å²) in [6, 6.07) is 0. The lowest BCUT2D eigenvalue weighted by molar-refractivity contribution is 0.111. The minimum absolute atomic E-state index is 0.129. The third kappa shape index (κ3) is 2.82. The molecule has 2 N–H and O–H groups in total. The molecule has 15 heavy (non-hydrogen) atoms. The minimum Gasteiger partial charge on any atom is -0.315 e. The van der Waals surface area contributed by atoms with Crippen LogP contribution in [0.1, 0.15) is 47.0 Å². The molecule has 0 aliphatic heterocycles. The third-order valence-corrected chi connectivity index (χ3v) is 5.40. The van der Waals surface area contributed by atoms with Gasteiger partial charge in [-0.25, -0.2) is 0 Å². The molecule has 0 atom stereocenters. The fraction of sp³-hybridized carbons (Fsp3) is 1.00. The van der Waals surface area contributed by atoms with E-state index in [1.54, 1.807) is 0 Å². The van der Waals surface area contributed by atoms with E-state index in [9.17, 15) is 4.57 Å². The van der Waals surface area contributed by atoms with Gasteiger partial charge in [0.15, 0.2) is 0 Å². The fourth-order valence-electron chi connectivity index (χ4n) is 1.60. The highest BCUT2D eigenvalue weighted by Gasteiger charge is 2.53. The zero-order chi connectivity index (χ0) is 11.7. The van der Waals surface area contributed by atoms with E-state index in [1.165, 1.54) is 0 Å². The van der Waals surface area contributed by atoms with E-state index in [4.69, 9.17) is 14.8 Å². The predicted octanol–water partition coefficient (Wildman–Crippen LogP) is 2.87. The van der Waals surface area contributed by atoms with Gasteiger partial charge in [0.1, 0.15) is 5.28 Å². The number of rotatable bonds is 5. The molecule has 0 saturated heterocycles. The van der Waals surface area contributed by atoms with E-state index in [2.05, 4.69) is 0 Å². The van der Waals surface area contributed by atoms with Crippen LogP contribution in [0.2, 0.25) is 0 Å². The first kappa shape index (κ1) is 13.2. The first-order chi connectivity index (χ1) is 6.79. The summed E-state index contributed by atoms with van der Waals surface area (Å²) in [5.41, 5.74) is 6.06. The van der Waals surface area contributed by atoms with Crippen molar-refractivity contribution in [3.8, 4) is 0 Å². The van der Waals surface area contributed by atoms with E-state index in [-0.39, 0.29) is 12.2 Å². The Morgan fingerprint density at radius 2 is 1.53 bits per heavy atom. The van der Waals surface area contributed by atoms with E-state index < -0.39 is 12.9 Å². The summed E-state index contributed by atoms with van der Waals surface area (Å²) in [6.45, 7) is 7.38. The van der Waals surface area contributed by atoms with E-state index >= 15 is 0 Å². The highest BCUT2D eigenvalue weighted by atomic mass is 31.2. The Labute approximate surface area is 92.0 Å². The number of nitrogens with two attached hydrogens (primary N) is 1. The van der Waals surface area contributed by atoms with Crippen LogP contribution < -0.4 is 5.73 Å². The van der Waals surface area contributed by atoms with Crippen molar-refractivity contribution in [2.24, 2.45) is 5.73 Å². The van der Waals surface area contributed by atoms with Crippen LogP contribution >= 0.6 is 7.60 Å². The van der Waals surface area contributed by atoms with Gasteiger partial charge >= 0.3 is 7.60 Å². The normalized spacial score (nSPS) is 20.7. The first-order valence-electron chi connectivity index (χ1n) is 5.55. The summed E-state index contributed by atoms with van der Waals surface area (Å²) in [5, 5.41) is -0.748. The van der Waals surface area contributed by atoms with Gasteiger partial charge in [-0.05, 0) is 47.0 Å². The van der Waals surface area contributed by atoms with Crippen LogP contribution in [0.25, 0.3) is 0 Å². The molecule has 1 fully saturated rings. The molecule has 1 saturated carbocycles. The van der Waals surface area contributed by atoms with E-state index in [0.717, 1.165) is 19.3 Å². The van der Waals surface area contributed by atoms with Crippen molar-refractivity contribution >= 4 is 7.60 Å². The summed E-state index contributed by atoms with van der Waals surface area (Å²) >= 11 is 0. The van der Waals surface area contributed by atoms with Crippen molar-refractivity contribution in [1.29, 1.82) is 0 Å². The maximum Gasteiger partial charge on any atom is 0.350 e. The van der Waals surface area contributed by atoms with Crippen molar-refractivity contribution < 1.29 is 13.6 Å². The Kier molecular flexibility index (Phi) is 3.99. The summed E-state index contributed by atoms with van der Waals surface area (Å²) in [6.07, 6.45) is 2.20. The number of hydrogen-bond donors (Lipinski definition) is 1. The smallest absolute Gasteiger partial charge is 0.315 e. The van der Waals surface area contributed by atoms with Gasteiger partial charge in [-0.15, -0.1) is 0 Å². The van der Waals surface area contributed by atoms with Crippen LogP contribution in [0.5, 0.6) is 0 Å². The molecule has 5 heteroatoms. The van der Waals surface area contributed by atoms with Crippen molar-refractivity contribution in [2.75, 3.05) is 0 Å². The van der Waals surface area contributed by atoms with Gasteiger partial charge in [0.05, 0.1) is 12.2 Å². The van der Waals surface area contributed by atoms with E-state index in [1.807, 2.05) is 27.7 Å². The highest BCUT2D eigenvalue weighted by Crippen LogP contribution is 2.65. The summed E-state index contributed by atoms with van der Waals surface area (Å²) < 4.78 is 23.5. The molecule has 0 aromatic carbocycles. The molecule has 4 nitrogen and oxygen atoms in total. The minimum atomic E-state index is -3.17. The van der Waals surface area contributed by atoms with Crippen molar-refractivity contribution in [3.63, 3.8) is 0 Å². The predicted molar refractivity (Wildman–Crippen MR) is 60.8 cm³/mol. The molecule has 0 spiro atoms. The highest BCUT2D eigenvalue weighted by molar-refractivity contribution is 7.55. The Balaban J connectivity index is 2.80. The topological polar surface area (TPSA) is 61.5 Å². The van der Waals surface area contributed by atoms with Gasteiger partial charge in [0.2, 0.25) is 0 Å². The summed E-state index contributed by atoms with van der Waals surface area (Å²) in [7, 11) is -3.17. The van der Waals surface area contributed by atoms with Crippen molar-refractivity contribution in [1.82, 2.24) is 0 Å². The average Bonchev–Trinajstić information content (AvgIpc) is 1.96. The van der Waals surface area contributed by atoms with Gasteiger partial charge in [-0.3, -0.25) is 4.57 Å². The Bertz CT molecular complexity index is 247. The maximum atomic E-state index is 12.6. The molecular weight excluding hydrogens is 213 g/mol. The first-order valence-corrected chi connectivity index (χ1v) is 7.09. The van der Waals surface area contributed by atoms with Crippen LogP contribution in [0.3, 0.4) is 0 Å². The zero-order valence-electron chi connectivity index (χ0n) is 10.0. The Morgan fingerprint density at radius 1 is 1.13 bits per heavy atom. The largest absolute Gasteiger partial charge is 0.350 e. The van der Waals surface area contributed by atoms with Crippen LogP contribution in [0.4, 0.5) is 0 Å². The van der Waals surface area contributed by atoms with Gasteiger partial charge in [0.25, 0.3) is 0 Å². The Hall–Kier alpha value is 0.110. The second-order valence-corrected chi connectivity index (χ2v) is 7.07. The molecule has 0 aromatic rings. The molecule has 1 aliphatic rings. The van der Waals surface area contributed by atoms with E-state index in [0.29, 0.717) is 0 Å². The van der Waals surface area contributed by atoms with Gasteiger partial charge in [-0.2, -0.15) is 0 Å². The molecule has 0 unspecified atom stereocenters. The van der Waals surface area contributed by atoms with Crippen LogP contribution in [-0.2, 0) is 13.6 Å². The standard InChI is InChI=1S/C10H22NO3P/c1-8(2)13-15(12,14-9(3)4)10(11)6-5-7-10/h8-9H,5-7,11H2,1-4H3. The lowest BCUT2D eigenvalue weighted by Gasteiger charge is -2.43. The van der Waals surface area contributed by atoms with Crippen LogP contribution in [0, 0.1) is 0 Å². The fourth-order valence-corrected chi connectivity index (χ4v) is 4.05. The molecule has 1 aliphatic carbocycles. The lowest BCUT2D eigenvalue weighted by Crippen LogP contribution is -2.47. The molecule has 1 rings (SSSR count). The second kappa shape index (κ2) is 4.54. The molecule has 0 heterocycles. The third-order valence-electron chi connectivity index (χ3n) is 2.46. The van der Waals surface area contributed by atoms with Gasteiger partial charge in [0, 0.05) is 0 Å². The molecule has 0 bridgehead atoms. The molecule has 0 amide bonds. The van der Waals surface area contributed by atoms with Crippen LogP contribution in [-0.4, -0.2) is 17.5 Å². The Morgan fingerprint density at radius 3 is 1.73 bits per heavy atom. The average molecular weight is 235 g/mol. The van der Waals surface area contributed by atoms with Crippen molar-refractivity contribution in [2.45, 2.75) is 64.4 Å². The SMILES string of the molecule is CC(C)OP(=O)(OC(C)C)C1(N)CCC1. The quantitative estimate of drug-likeness (QED) is 0.744. The van der Waals surface area contributed by atoms with Gasteiger partial charge in [-0.1, -0.05) is 0 Å². The molecular formula is C10H22NO3P. The molecule has 0 aromatic heterocycles. The maximum absolute atomic E-state index is 12.6. The zero-order valence-corrected chi connectivity index (χ0v) is 10.9. The van der Waals surface area contributed by atoms with Gasteiger partial charge < -0.3 is 14.8 Å². The summed E-state index contributed by atoms with van der Waals surface area (Å²) in [4.78, 5) is 0. The molecule has 90 valence electrons. The summed E-state index contributed by atoms with van der Waals surface area (Å²) in [5.74, 6) is 0.